The van der Waals surface area contributed by atoms with Crippen molar-refractivity contribution in [3.8, 4) is 0 Å². The lowest BCUT2D eigenvalue weighted by atomic mass is 10.1. The molecule has 0 aliphatic rings. The zero-order valence-corrected chi connectivity index (χ0v) is 8.90. The summed E-state index contributed by atoms with van der Waals surface area (Å²) in [6.45, 7) is 3.36. The highest BCUT2D eigenvalue weighted by molar-refractivity contribution is 5.17. The van der Waals surface area contributed by atoms with E-state index in [0.29, 0.717) is 6.04 Å². The first kappa shape index (κ1) is 11.2. The van der Waals surface area contributed by atoms with Gasteiger partial charge in [-0.25, -0.2) is 0 Å². The predicted molar refractivity (Wildman–Crippen MR) is 58.0 cm³/mol. The topological polar surface area (TPSA) is 23.5 Å². The SMILES string of the molecule is CC(c1cc[c]cc1)N(C)CCCO. The zero-order chi connectivity index (χ0) is 10.4. The van der Waals surface area contributed by atoms with Crippen LogP contribution in [-0.4, -0.2) is 30.2 Å². The van der Waals surface area contributed by atoms with Crippen LogP contribution in [0.25, 0.3) is 0 Å². The van der Waals surface area contributed by atoms with E-state index in [1.807, 2.05) is 12.1 Å². The predicted octanol–water partition coefficient (Wildman–Crippen LogP) is 1.86. The largest absolute Gasteiger partial charge is 0.396 e. The Morgan fingerprint density at radius 2 is 2.07 bits per heavy atom. The van der Waals surface area contributed by atoms with Gasteiger partial charge in [0.15, 0.2) is 0 Å². The van der Waals surface area contributed by atoms with Gasteiger partial charge in [0.05, 0.1) is 0 Å². The van der Waals surface area contributed by atoms with Gasteiger partial charge in [0.2, 0.25) is 0 Å². The van der Waals surface area contributed by atoms with Crippen LogP contribution in [0.3, 0.4) is 0 Å². The minimum absolute atomic E-state index is 0.264. The molecule has 1 unspecified atom stereocenters. The number of nitrogens with zero attached hydrogens (tertiary/aromatic N) is 1. The lowest BCUT2D eigenvalue weighted by molar-refractivity contribution is 0.216. The van der Waals surface area contributed by atoms with Crippen LogP contribution < -0.4 is 0 Å². The Kier molecular flexibility index (Phi) is 4.63. The Balaban J connectivity index is 2.52. The molecule has 0 bridgehead atoms. The van der Waals surface area contributed by atoms with Crippen molar-refractivity contribution in [2.45, 2.75) is 19.4 Å². The molecule has 0 saturated carbocycles. The molecule has 1 aromatic carbocycles. The first-order valence-corrected chi connectivity index (χ1v) is 5.03. The fourth-order valence-corrected chi connectivity index (χ4v) is 1.45. The third-order valence-electron chi connectivity index (χ3n) is 2.56. The third-order valence-corrected chi connectivity index (χ3v) is 2.56. The van der Waals surface area contributed by atoms with Gasteiger partial charge in [-0.3, -0.25) is 4.90 Å². The van der Waals surface area contributed by atoms with Gasteiger partial charge in [0, 0.05) is 19.2 Å². The number of hydrogen-bond donors (Lipinski definition) is 1. The highest BCUT2D eigenvalue weighted by Crippen LogP contribution is 2.17. The minimum atomic E-state index is 0.264. The molecule has 0 aliphatic carbocycles. The highest BCUT2D eigenvalue weighted by Gasteiger charge is 2.09. The maximum absolute atomic E-state index is 8.74. The van der Waals surface area contributed by atoms with Crippen molar-refractivity contribution >= 4 is 0 Å². The Bertz CT molecular complexity index is 248. The number of rotatable bonds is 5. The van der Waals surface area contributed by atoms with Crippen LogP contribution in [0.1, 0.15) is 24.9 Å². The highest BCUT2D eigenvalue weighted by atomic mass is 16.3. The molecule has 14 heavy (non-hydrogen) atoms. The van der Waals surface area contributed by atoms with Gasteiger partial charge in [0.25, 0.3) is 0 Å². The van der Waals surface area contributed by atoms with Gasteiger partial charge < -0.3 is 5.11 Å². The van der Waals surface area contributed by atoms with Crippen LogP contribution >= 0.6 is 0 Å². The molecular formula is C12H18NO. The van der Waals surface area contributed by atoms with Crippen LogP contribution in [-0.2, 0) is 0 Å². The van der Waals surface area contributed by atoms with E-state index in [1.165, 1.54) is 5.56 Å². The summed E-state index contributed by atoms with van der Waals surface area (Å²) in [6.07, 6.45) is 0.833. The van der Waals surface area contributed by atoms with E-state index >= 15 is 0 Å². The molecule has 0 heterocycles. The quantitative estimate of drug-likeness (QED) is 0.769. The summed E-state index contributed by atoms with van der Waals surface area (Å²) in [4.78, 5) is 2.24. The van der Waals surface area contributed by atoms with Gasteiger partial charge in [-0.2, -0.15) is 0 Å². The molecule has 1 radical (unpaired) electrons. The number of aliphatic hydroxyl groups excluding tert-OH is 1. The van der Waals surface area contributed by atoms with E-state index in [9.17, 15) is 0 Å². The summed E-state index contributed by atoms with van der Waals surface area (Å²) in [5, 5.41) is 8.74. The standard InChI is InChI=1S/C12H18NO/c1-11(13(2)9-6-10-14)12-7-4-3-5-8-12/h4-5,7-8,11,14H,6,9-10H2,1-2H3. The molecule has 1 N–H and O–H groups in total. The summed E-state index contributed by atoms with van der Waals surface area (Å²) < 4.78 is 0. The van der Waals surface area contributed by atoms with E-state index in [4.69, 9.17) is 5.11 Å². The van der Waals surface area contributed by atoms with E-state index in [-0.39, 0.29) is 6.61 Å². The molecule has 0 saturated heterocycles. The van der Waals surface area contributed by atoms with Crippen molar-refractivity contribution in [3.63, 3.8) is 0 Å². The summed E-state index contributed by atoms with van der Waals surface area (Å²) >= 11 is 0. The fraction of sp³-hybridized carbons (Fsp3) is 0.500. The Morgan fingerprint density at radius 1 is 1.43 bits per heavy atom. The number of benzene rings is 1. The van der Waals surface area contributed by atoms with Gasteiger partial charge in [-0.15, -0.1) is 0 Å². The Morgan fingerprint density at radius 3 is 2.64 bits per heavy atom. The third kappa shape index (κ3) is 3.13. The van der Waals surface area contributed by atoms with Crippen LogP contribution in [0.2, 0.25) is 0 Å². The average Bonchev–Trinajstić information content (AvgIpc) is 2.26. The maximum Gasteiger partial charge on any atom is 0.0443 e. The molecule has 0 fully saturated rings. The van der Waals surface area contributed by atoms with E-state index < -0.39 is 0 Å². The molecule has 0 spiro atoms. The number of aliphatic hydroxyl groups is 1. The van der Waals surface area contributed by atoms with E-state index in [2.05, 4.69) is 37.1 Å². The smallest absolute Gasteiger partial charge is 0.0443 e. The van der Waals surface area contributed by atoms with Crippen molar-refractivity contribution in [1.82, 2.24) is 4.90 Å². The van der Waals surface area contributed by atoms with Gasteiger partial charge in [-0.05, 0) is 32.0 Å². The second kappa shape index (κ2) is 5.78. The van der Waals surface area contributed by atoms with Gasteiger partial charge in [0.1, 0.15) is 0 Å². The molecule has 1 aromatic rings. The van der Waals surface area contributed by atoms with Crippen LogP contribution in [0.15, 0.2) is 24.3 Å². The lowest BCUT2D eigenvalue weighted by Crippen LogP contribution is -2.24. The average molecular weight is 192 g/mol. The molecule has 1 atom stereocenters. The van der Waals surface area contributed by atoms with Gasteiger partial charge >= 0.3 is 0 Å². The summed E-state index contributed by atoms with van der Waals surface area (Å²) in [5.41, 5.74) is 1.30. The van der Waals surface area contributed by atoms with Crippen molar-refractivity contribution in [1.29, 1.82) is 0 Å². The summed E-state index contributed by atoms with van der Waals surface area (Å²) in [6, 6.07) is 11.4. The molecule has 0 aromatic heterocycles. The molecule has 1 rings (SSSR count). The Hall–Kier alpha value is -0.860. The lowest BCUT2D eigenvalue weighted by Gasteiger charge is -2.24. The van der Waals surface area contributed by atoms with Crippen molar-refractivity contribution in [2.75, 3.05) is 20.2 Å². The van der Waals surface area contributed by atoms with Crippen LogP contribution in [0.4, 0.5) is 0 Å². The molecule has 0 aliphatic heterocycles. The molecule has 2 heteroatoms. The monoisotopic (exact) mass is 192 g/mol. The van der Waals surface area contributed by atoms with Crippen LogP contribution in [0.5, 0.6) is 0 Å². The fourth-order valence-electron chi connectivity index (χ4n) is 1.45. The van der Waals surface area contributed by atoms with E-state index in [0.717, 1.165) is 13.0 Å². The van der Waals surface area contributed by atoms with Crippen molar-refractivity contribution in [3.05, 3.63) is 35.9 Å². The second-order valence-corrected chi connectivity index (χ2v) is 3.57. The number of hydrogen-bond acceptors (Lipinski definition) is 2. The maximum atomic E-state index is 8.74. The first-order chi connectivity index (χ1) is 6.75. The zero-order valence-electron chi connectivity index (χ0n) is 8.90. The van der Waals surface area contributed by atoms with Crippen molar-refractivity contribution < 1.29 is 5.11 Å². The summed E-state index contributed by atoms with van der Waals surface area (Å²) in [7, 11) is 2.08. The van der Waals surface area contributed by atoms with E-state index in [1.54, 1.807) is 0 Å². The van der Waals surface area contributed by atoms with Gasteiger partial charge in [-0.1, -0.05) is 24.3 Å². The minimum Gasteiger partial charge on any atom is -0.396 e. The van der Waals surface area contributed by atoms with Crippen LogP contribution in [0, 0.1) is 6.07 Å². The first-order valence-electron chi connectivity index (χ1n) is 5.03. The molecule has 0 amide bonds. The Labute approximate surface area is 86.2 Å². The second-order valence-electron chi connectivity index (χ2n) is 3.57. The molecular weight excluding hydrogens is 174 g/mol. The molecule has 77 valence electrons. The summed E-state index contributed by atoms with van der Waals surface area (Å²) in [5.74, 6) is 0. The normalized spacial score (nSPS) is 13.1. The van der Waals surface area contributed by atoms with Crippen molar-refractivity contribution in [2.24, 2.45) is 0 Å². The molecule has 2 nitrogen and oxygen atoms in total.